The zero-order valence-corrected chi connectivity index (χ0v) is 21.7. The smallest absolute Gasteiger partial charge is 0.408 e. The van der Waals surface area contributed by atoms with E-state index in [1.54, 1.807) is 20.8 Å². The van der Waals surface area contributed by atoms with Gasteiger partial charge in [0.05, 0.1) is 0 Å². The first kappa shape index (κ1) is 30.0. The van der Waals surface area contributed by atoms with Gasteiger partial charge in [0, 0.05) is 25.8 Å². The third-order valence-electron chi connectivity index (χ3n) is 5.68. The van der Waals surface area contributed by atoms with E-state index in [2.05, 4.69) is 15.4 Å². The molecule has 37 heavy (non-hydrogen) atoms. The third-order valence-corrected chi connectivity index (χ3v) is 7.30. The summed E-state index contributed by atoms with van der Waals surface area (Å²) < 4.78 is 15.1. The number of β-lactam (4-membered cyclic amide) rings is 1. The Morgan fingerprint density at radius 3 is 2.41 bits per heavy atom. The maximum absolute atomic E-state index is 12.9. The minimum absolute atomic E-state index is 0.0539. The van der Waals surface area contributed by atoms with Gasteiger partial charge in [-0.3, -0.25) is 14.4 Å². The normalized spacial score (nSPS) is 25.7. The largest absolute Gasteiger partial charge is 0.481 e. The fourth-order valence-electron chi connectivity index (χ4n) is 3.84. The molecule has 2 aliphatic rings. The molecular weight excluding hydrogens is 516 g/mol. The SMILES string of the molecule is COC1(NC(=O)CCCC(NC(=O)OC(C)(C)C)C(=O)O)C(=O)N2CC(COC(N)=O)(C(=O)O)CS[C@@H]21. The molecule has 2 fully saturated rings. The van der Waals surface area contributed by atoms with Crippen LogP contribution < -0.4 is 16.4 Å². The summed E-state index contributed by atoms with van der Waals surface area (Å²) >= 11 is 1.03. The molecule has 0 aromatic heterocycles. The molecule has 2 aliphatic heterocycles. The molecular formula is C21H32N4O11S. The van der Waals surface area contributed by atoms with Crippen LogP contribution in [0.25, 0.3) is 0 Å². The molecule has 0 saturated carbocycles. The van der Waals surface area contributed by atoms with E-state index in [0.29, 0.717) is 0 Å². The number of nitrogens with zero attached hydrogens (tertiary/aromatic N) is 1. The molecule has 2 saturated heterocycles. The van der Waals surface area contributed by atoms with Crippen molar-refractivity contribution in [2.24, 2.45) is 11.1 Å². The topological polar surface area (TPSA) is 224 Å². The van der Waals surface area contributed by atoms with E-state index in [9.17, 15) is 39.0 Å². The zero-order valence-electron chi connectivity index (χ0n) is 20.9. The van der Waals surface area contributed by atoms with Crippen LogP contribution in [0.5, 0.6) is 0 Å². The number of carboxylic acids is 2. The van der Waals surface area contributed by atoms with Gasteiger partial charge in [0.2, 0.25) is 5.91 Å². The maximum atomic E-state index is 12.9. The van der Waals surface area contributed by atoms with Crippen LogP contribution in [0.15, 0.2) is 0 Å². The Balaban J connectivity index is 1.96. The molecule has 15 nitrogen and oxygen atoms in total. The lowest BCUT2D eigenvalue weighted by atomic mass is 9.87. The minimum atomic E-state index is -1.74. The van der Waals surface area contributed by atoms with Gasteiger partial charge in [0.1, 0.15) is 29.0 Å². The number of fused-ring (bicyclic) bond motifs is 1. The fourth-order valence-corrected chi connectivity index (χ4v) is 5.45. The third kappa shape index (κ3) is 6.94. The van der Waals surface area contributed by atoms with Gasteiger partial charge < -0.3 is 45.7 Å². The summed E-state index contributed by atoms with van der Waals surface area (Å²) in [7, 11) is 1.22. The van der Waals surface area contributed by atoms with Crippen LogP contribution in [0.1, 0.15) is 40.0 Å². The maximum Gasteiger partial charge on any atom is 0.408 e. The average molecular weight is 549 g/mol. The van der Waals surface area contributed by atoms with Crippen molar-refractivity contribution in [2.45, 2.75) is 62.8 Å². The number of carboxylic acid groups (broad SMARTS) is 2. The molecule has 16 heteroatoms. The van der Waals surface area contributed by atoms with Crippen LogP contribution in [0.4, 0.5) is 9.59 Å². The first-order valence-corrected chi connectivity index (χ1v) is 12.3. The van der Waals surface area contributed by atoms with Crippen molar-refractivity contribution in [2.75, 3.05) is 26.0 Å². The quantitative estimate of drug-likeness (QED) is 0.165. The number of thioether (sulfide) groups is 1. The van der Waals surface area contributed by atoms with Crippen molar-refractivity contribution in [3.63, 3.8) is 0 Å². The van der Waals surface area contributed by atoms with Gasteiger partial charge in [-0.25, -0.2) is 14.4 Å². The van der Waals surface area contributed by atoms with E-state index in [-0.39, 0.29) is 31.6 Å². The van der Waals surface area contributed by atoms with Crippen molar-refractivity contribution in [3.8, 4) is 0 Å². The lowest BCUT2D eigenvalue weighted by Crippen LogP contribution is -2.82. The number of carbonyl (C=O) groups is 6. The standard InChI is InChI=1S/C21H32N4O11S/c1-19(2,3)36-18(33)23-11(13(27)28)6-5-7-12(26)24-21(34-4)14(29)25-8-20(16(30)31,9-35-17(22)32)10-37-15(21)25/h11,15H,5-10H2,1-4H3,(H2,22,32)(H,23,33)(H,24,26)(H,27,28)(H,30,31)/t11?,15-,20?,21?/m1/s1. The lowest BCUT2D eigenvalue weighted by Gasteiger charge is -2.58. The Bertz CT molecular complexity index is 955. The van der Waals surface area contributed by atoms with E-state index in [1.807, 2.05) is 0 Å². The first-order chi connectivity index (χ1) is 17.1. The summed E-state index contributed by atoms with van der Waals surface area (Å²) in [6.45, 7) is 4.06. The first-order valence-electron chi connectivity index (χ1n) is 11.2. The van der Waals surface area contributed by atoms with Crippen molar-refractivity contribution in [3.05, 3.63) is 0 Å². The van der Waals surface area contributed by atoms with E-state index >= 15 is 0 Å². The number of hydrogen-bond donors (Lipinski definition) is 5. The second kappa shape index (κ2) is 11.4. The number of nitrogens with two attached hydrogens (primary N) is 1. The second-order valence-electron chi connectivity index (χ2n) is 9.71. The van der Waals surface area contributed by atoms with Gasteiger partial charge >= 0.3 is 24.1 Å². The van der Waals surface area contributed by atoms with Crippen LogP contribution in [0.2, 0.25) is 0 Å². The number of carbonyl (C=O) groups excluding carboxylic acids is 4. The molecule has 4 amide bonds. The predicted octanol–water partition coefficient (Wildman–Crippen LogP) is -0.325. The van der Waals surface area contributed by atoms with Crippen LogP contribution in [-0.4, -0.2) is 99.8 Å². The number of aliphatic carboxylic acids is 2. The van der Waals surface area contributed by atoms with Crippen LogP contribution in [0, 0.1) is 5.41 Å². The molecule has 0 aliphatic carbocycles. The Kier molecular flexibility index (Phi) is 9.24. The van der Waals surface area contributed by atoms with Crippen molar-refractivity contribution >= 4 is 47.7 Å². The summed E-state index contributed by atoms with van der Waals surface area (Å²) in [6.07, 6.45) is -2.26. The zero-order chi connectivity index (χ0) is 28.2. The second-order valence-corrected chi connectivity index (χ2v) is 10.8. The van der Waals surface area contributed by atoms with E-state index in [0.717, 1.165) is 11.8 Å². The average Bonchev–Trinajstić information content (AvgIpc) is 2.78. The minimum Gasteiger partial charge on any atom is -0.481 e. The number of nitrogens with one attached hydrogen (secondary N) is 2. The monoisotopic (exact) mass is 548 g/mol. The summed E-state index contributed by atoms with van der Waals surface area (Å²) in [5.74, 6) is -3.92. The number of amides is 4. The Morgan fingerprint density at radius 2 is 1.89 bits per heavy atom. The molecule has 0 bridgehead atoms. The van der Waals surface area contributed by atoms with Gasteiger partial charge in [0.25, 0.3) is 11.6 Å². The highest BCUT2D eigenvalue weighted by Crippen LogP contribution is 2.47. The molecule has 0 aromatic carbocycles. The molecule has 2 heterocycles. The summed E-state index contributed by atoms with van der Waals surface area (Å²) in [4.78, 5) is 73.0. The lowest BCUT2D eigenvalue weighted by molar-refractivity contribution is -0.201. The number of methoxy groups -OCH3 is 1. The number of ether oxygens (including phenoxy) is 3. The predicted molar refractivity (Wildman–Crippen MR) is 126 cm³/mol. The number of rotatable bonds is 11. The molecule has 0 aromatic rings. The van der Waals surface area contributed by atoms with Crippen molar-refractivity contribution < 1.29 is 53.2 Å². The van der Waals surface area contributed by atoms with E-state index in [1.165, 1.54) is 12.0 Å². The Labute approximate surface area is 216 Å². The fraction of sp³-hybridized carbons (Fsp3) is 0.714. The summed E-state index contributed by atoms with van der Waals surface area (Å²) in [5.41, 5.74) is 0.809. The Hall–Kier alpha value is -3.27. The van der Waals surface area contributed by atoms with E-state index < -0.39 is 70.7 Å². The van der Waals surface area contributed by atoms with E-state index in [4.69, 9.17) is 15.2 Å². The molecule has 3 unspecified atom stereocenters. The highest BCUT2D eigenvalue weighted by Gasteiger charge is 2.67. The van der Waals surface area contributed by atoms with Gasteiger partial charge in [-0.15, -0.1) is 11.8 Å². The Morgan fingerprint density at radius 1 is 1.24 bits per heavy atom. The highest BCUT2D eigenvalue weighted by molar-refractivity contribution is 8.00. The van der Waals surface area contributed by atoms with Gasteiger partial charge in [-0.05, 0) is 33.6 Å². The molecule has 4 atom stereocenters. The van der Waals surface area contributed by atoms with Crippen LogP contribution in [0.3, 0.4) is 0 Å². The summed E-state index contributed by atoms with van der Waals surface area (Å²) in [5, 5.41) is 23.1. The molecule has 2 rings (SSSR count). The number of primary amides is 1. The van der Waals surface area contributed by atoms with Crippen LogP contribution >= 0.6 is 11.8 Å². The van der Waals surface area contributed by atoms with Crippen LogP contribution in [-0.2, 0) is 33.4 Å². The molecule has 6 N–H and O–H groups in total. The van der Waals surface area contributed by atoms with Crippen molar-refractivity contribution in [1.82, 2.24) is 15.5 Å². The molecule has 0 radical (unpaired) electrons. The van der Waals surface area contributed by atoms with Gasteiger partial charge in [0.15, 0.2) is 0 Å². The molecule has 0 spiro atoms. The van der Waals surface area contributed by atoms with Gasteiger partial charge in [-0.1, -0.05) is 0 Å². The highest BCUT2D eigenvalue weighted by atomic mass is 32.2. The number of alkyl carbamates (subject to hydrolysis) is 1. The molecule has 208 valence electrons. The van der Waals surface area contributed by atoms with Crippen molar-refractivity contribution in [1.29, 1.82) is 0 Å². The summed E-state index contributed by atoms with van der Waals surface area (Å²) in [6, 6.07) is -1.29. The number of hydrogen-bond acceptors (Lipinski definition) is 10. The van der Waals surface area contributed by atoms with Gasteiger partial charge in [-0.2, -0.15) is 0 Å².